The molecule has 1 aromatic rings. The van der Waals surface area contributed by atoms with Gasteiger partial charge in [0.1, 0.15) is 11.7 Å². The molecule has 0 saturated carbocycles. The van der Waals surface area contributed by atoms with Gasteiger partial charge in [-0.1, -0.05) is 11.2 Å². The lowest BCUT2D eigenvalue weighted by atomic mass is 10.2. The van der Waals surface area contributed by atoms with Gasteiger partial charge in [-0.15, -0.1) is 0 Å². The summed E-state index contributed by atoms with van der Waals surface area (Å²) in [6, 6.07) is 4.35. The third-order valence-corrected chi connectivity index (χ3v) is 1.87. The lowest BCUT2D eigenvalue weighted by molar-refractivity contribution is -0.115. The normalized spacial score (nSPS) is 11.2. The summed E-state index contributed by atoms with van der Waals surface area (Å²) < 4.78 is 13.2. The second-order valence-corrected chi connectivity index (χ2v) is 3.30. The van der Waals surface area contributed by atoms with Gasteiger partial charge in [0, 0.05) is 0 Å². The van der Waals surface area contributed by atoms with Gasteiger partial charge in [0.05, 0.1) is 12.1 Å². The maximum absolute atomic E-state index is 13.2. The Labute approximate surface area is 91.8 Å². The first-order valence-corrected chi connectivity index (χ1v) is 4.55. The van der Waals surface area contributed by atoms with Gasteiger partial charge < -0.3 is 16.3 Å². The number of carbonyl (C=O) groups excluding carboxylic acids is 1. The number of hydrogen-bond acceptors (Lipinski definition) is 3. The molecule has 0 radical (unpaired) electrons. The number of carbonyl (C=O) groups is 1. The lowest BCUT2D eigenvalue weighted by Gasteiger charge is -2.06. The minimum absolute atomic E-state index is 0.0794. The molecule has 0 saturated heterocycles. The minimum Gasteiger partial charge on any atom is -0.409 e. The Morgan fingerprint density at radius 2 is 2.31 bits per heavy atom. The predicted molar refractivity (Wildman–Crippen MR) is 57.8 cm³/mol. The number of nitrogens with one attached hydrogen (secondary N) is 1. The van der Waals surface area contributed by atoms with E-state index < -0.39 is 11.7 Å². The van der Waals surface area contributed by atoms with Gasteiger partial charge in [-0.2, -0.15) is 0 Å². The topological polar surface area (TPSA) is 87.7 Å². The molecular weight excluding hydrogens is 213 g/mol. The van der Waals surface area contributed by atoms with E-state index in [1.807, 2.05) is 0 Å². The second kappa shape index (κ2) is 5.11. The maximum atomic E-state index is 13.2. The van der Waals surface area contributed by atoms with Crippen LogP contribution in [-0.4, -0.2) is 17.0 Å². The lowest BCUT2D eigenvalue weighted by Crippen LogP contribution is -2.22. The number of hydrogen-bond donors (Lipinski definition) is 3. The Hall–Kier alpha value is -2.11. The SMILES string of the molecule is Cc1ccc(F)c(NC(=O)C/C(N)=N/O)c1. The van der Waals surface area contributed by atoms with Crippen molar-refractivity contribution in [3.63, 3.8) is 0 Å². The summed E-state index contributed by atoms with van der Waals surface area (Å²) in [7, 11) is 0. The first-order chi connectivity index (χ1) is 7.52. The summed E-state index contributed by atoms with van der Waals surface area (Å²) in [4.78, 5) is 11.3. The van der Waals surface area contributed by atoms with Crippen LogP contribution in [0.3, 0.4) is 0 Å². The van der Waals surface area contributed by atoms with Gasteiger partial charge in [0.25, 0.3) is 0 Å². The molecule has 0 unspecified atom stereocenters. The summed E-state index contributed by atoms with van der Waals surface area (Å²) >= 11 is 0. The van der Waals surface area contributed by atoms with E-state index >= 15 is 0 Å². The number of oxime groups is 1. The van der Waals surface area contributed by atoms with Gasteiger partial charge in [-0.25, -0.2) is 4.39 Å². The fourth-order valence-corrected chi connectivity index (χ4v) is 1.13. The van der Waals surface area contributed by atoms with E-state index in [1.165, 1.54) is 12.1 Å². The van der Waals surface area contributed by atoms with Crippen LogP contribution in [0.15, 0.2) is 23.4 Å². The van der Waals surface area contributed by atoms with E-state index in [0.717, 1.165) is 5.56 Å². The van der Waals surface area contributed by atoms with E-state index in [-0.39, 0.29) is 17.9 Å². The van der Waals surface area contributed by atoms with Gasteiger partial charge in [-0.3, -0.25) is 4.79 Å². The van der Waals surface area contributed by atoms with Crippen molar-refractivity contribution in [2.45, 2.75) is 13.3 Å². The van der Waals surface area contributed by atoms with Crippen LogP contribution in [0.4, 0.5) is 10.1 Å². The zero-order valence-electron chi connectivity index (χ0n) is 8.70. The third-order valence-electron chi connectivity index (χ3n) is 1.87. The first-order valence-electron chi connectivity index (χ1n) is 4.55. The largest absolute Gasteiger partial charge is 0.409 e. The molecule has 0 aliphatic carbocycles. The number of aryl methyl sites for hydroxylation is 1. The Balaban J connectivity index is 2.73. The number of amides is 1. The molecular formula is C10H12FN3O2. The van der Waals surface area contributed by atoms with Gasteiger partial charge >= 0.3 is 0 Å². The fraction of sp³-hybridized carbons (Fsp3) is 0.200. The van der Waals surface area contributed by atoms with Crippen LogP contribution < -0.4 is 11.1 Å². The quantitative estimate of drug-likeness (QED) is 0.312. The summed E-state index contributed by atoms with van der Waals surface area (Å²) in [6.07, 6.45) is -0.288. The van der Waals surface area contributed by atoms with Crippen LogP contribution in [0, 0.1) is 12.7 Å². The highest BCUT2D eigenvalue weighted by Crippen LogP contribution is 2.15. The zero-order valence-corrected chi connectivity index (χ0v) is 8.70. The molecule has 0 aliphatic heterocycles. The van der Waals surface area contributed by atoms with Crippen LogP contribution in [0.2, 0.25) is 0 Å². The number of nitrogens with zero attached hydrogens (tertiary/aromatic N) is 1. The molecule has 16 heavy (non-hydrogen) atoms. The molecule has 0 bridgehead atoms. The third kappa shape index (κ3) is 3.23. The standard InChI is InChI=1S/C10H12FN3O2/c1-6-2-3-7(11)8(4-6)13-10(15)5-9(12)14-16/h2-4,16H,5H2,1H3,(H2,12,14)(H,13,15). The van der Waals surface area contributed by atoms with Crippen molar-refractivity contribution in [3.05, 3.63) is 29.6 Å². The summed E-state index contributed by atoms with van der Waals surface area (Å²) in [5.74, 6) is -1.30. The molecule has 1 aromatic carbocycles. The Morgan fingerprint density at radius 1 is 1.62 bits per heavy atom. The smallest absolute Gasteiger partial charge is 0.232 e. The van der Waals surface area contributed by atoms with Crippen LogP contribution in [0.5, 0.6) is 0 Å². The second-order valence-electron chi connectivity index (χ2n) is 3.30. The summed E-state index contributed by atoms with van der Waals surface area (Å²) in [6.45, 7) is 1.78. The molecule has 4 N–H and O–H groups in total. The number of halogens is 1. The molecule has 0 fully saturated rings. The number of anilines is 1. The van der Waals surface area contributed by atoms with Crippen molar-refractivity contribution in [1.29, 1.82) is 0 Å². The molecule has 86 valence electrons. The molecule has 6 heteroatoms. The van der Waals surface area contributed by atoms with Crippen molar-refractivity contribution < 1.29 is 14.4 Å². The van der Waals surface area contributed by atoms with Crippen LogP contribution in [0.1, 0.15) is 12.0 Å². The van der Waals surface area contributed by atoms with Gasteiger partial charge in [0.2, 0.25) is 5.91 Å². The highest BCUT2D eigenvalue weighted by atomic mass is 19.1. The molecule has 1 rings (SSSR count). The highest BCUT2D eigenvalue weighted by Gasteiger charge is 2.08. The van der Waals surface area contributed by atoms with E-state index in [9.17, 15) is 9.18 Å². The number of rotatable bonds is 3. The molecule has 1 amide bonds. The zero-order chi connectivity index (χ0) is 12.1. The number of nitrogens with two attached hydrogens (primary N) is 1. The van der Waals surface area contributed by atoms with E-state index in [2.05, 4.69) is 10.5 Å². The van der Waals surface area contributed by atoms with Gasteiger partial charge in [0.15, 0.2) is 0 Å². The average molecular weight is 225 g/mol. The monoisotopic (exact) mass is 225 g/mol. The Kier molecular flexibility index (Phi) is 3.82. The van der Waals surface area contributed by atoms with Crippen molar-refractivity contribution in [2.75, 3.05) is 5.32 Å². The van der Waals surface area contributed by atoms with E-state index in [4.69, 9.17) is 10.9 Å². The molecule has 0 heterocycles. The Morgan fingerprint density at radius 3 is 2.94 bits per heavy atom. The first kappa shape index (κ1) is 12.0. The van der Waals surface area contributed by atoms with Crippen molar-refractivity contribution in [1.82, 2.24) is 0 Å². The van der Waals surface area contributed by atoms with Crippen molar-refractivity contribution in [3.8, 4) is 0 Å². The highest BCUT2D eigenvalue weighted by molar-refractivity contribution is 6.04. The van der Waals surface area contributed by atoms with Gasteiger partial charge in [-0.05, 0) is 24.6 Å². The van der Waals surface area contributed by atoms with Crippen LogP contribution in [0.25, 0.3) is 0 Å². The summed E-state index contributed by atoms with van der Waals surface area (Å²) in [5, 5.41) is 13.2. The maximum Gasteiger partial charge on any atom is 0.232 e. The van der Waals surface area contributed by atoms with Crippen molar-refractivity contribution >= 4 is 17.4 Å². The molecule has 0 atom stereocenters. The molecule has 0 aromatic heterocycles. The van der Waals surface area contributed by atoms with E-state index in [0.29, 0.717) is 0 Å². The van der Waals surface area contributed by atoms with Crippen LogP contribution >= 0.6 is 0 Å². The predicted octanol–water partition coefficient (Wildman–Crippen LogP) is 1.21. The Bertz CT molecular complexity index is 432. The molecule has 5 nitrogen and oxygen atoms in total. The number of benzene rings is 1. The van der Waals surface area contributed by atoms with Crippen molar-refractivity contribution in [2.24, 2.45) is 10.9 Å². The number of amidine groups is 1. The average Bonchev–Trinajstić information content (AvgIpc) is 2.23. The fourth-order valence-electron chi connectivity index (χ4n) is 1.13. The molecule has 0 aliphatic rings. The van der Waals surface area contributed by atoms with E-state index in [1.54, 1.807) is 13.0 Å². The summed E-state index contributed by atoms with van der Waals surface area (Å²) in [5.41, 5.74) is 6.04. The minimum atomic E-state index is -0.542. The molecule has 0 spiro atoms. The van der Waals surface area contributed by atoms with Crippen LogP contribution in [-0.2, 0) is 4.79 Å².